The molecule has 1 aliphatic rings. The fourth-order valence-corrected chi connectivity index (χ4v) is 2.62. The molecule has 1 aliphatic heterocycles. The molecule has 6 nitrogen and oxygen atoms in total. The van der Waals surface area contributed by atoms with Crippen LogP contribution in [-0.2, 0) is 16.5 Å². The molecule has 0 spiro atoms. The second-order valence-corrected chi connectivity index (χ2v) is 5.99. The van der Waals surface area contributed by atoms with E-state index < -0.39 is 5.97 Å². The molecule has 0 unspecified atom stereocenters. The number of esters is 1. The van der Waals surface area contributed by atoms with E-state index in [0.717, 1.165) is 12.8 Å². The number of hydrogen-bond acceptors (Lipinski definition) is 4. The molecule has 2 heterocycles. The van der Waals surface area contributed by atoms with Gasteiger partial charge in [-0.05, 0) is 32.8 Å². The fourth-order valence-electron chi connectivity index (χ4n) is 2.62. The maximum Gasteiger partial charge on any atom is 0.354 e. The first-order chi connectivity index (χ1) is 9.82. The zero-order valence-corrected chi connectivity index (χ0v) is 12.9. The largest absolute Gasteiger partial charge is 0.464 e. The third-order valence-corrected chi connectivity index (χ3v) is 3.69. The predicted molar refractivity (Wildman–Crippen MR) is 77.3 cm³/mol. The molecule has 0 bridgehead atoms. The smallest absolute Gasteiger partial charge is 0.354 e. The molecule has 0 saturated carbocycles. The van der Waals surface area contributed by atoms with Gasteiger partial charge in [-0.15, -0.1) is 0 Å². The van der Waals surface area contributed by atoms with Gasteiger partial charge in [0.1, 0.15) is 5.69 Å². The van der Waals surface area contributed by atoms with Crippen LogP contribution in [0.4, 0.5) is 0 Å². The third kappa shape index (κ3) is 3.64. The number of carbonyl (C=O) groups is 2. The van der Waals surface area contributed by atoms with Crippen LogP contribution in [0.5, 0.6) is 0 Å². The van der Waals surface area contributed by atoms with Crippen molar-refractivity contribution in [2.24, 2.45) is 7.05 Å². The van der Waals surface area contributed by atoms with Crippen LogP contribution >= 0.6 is 0 Å². The van der Waals surface area contributed by atoms with E-state index in [9.17, 15) is 9.59 Å². The molecule has 1 aromatic heterocycles. The van der Waals surface area contributed by atoms with Gasteiger partial charge in [0.2, 0.25) is 0 Å². The molecule has 1 atom stereocenters. The molecule has 116 valence electrons. The van der Waals surface area contributed by atoms with Crippen molar-refractivity contribution in [3.05, 3.63) is 23.5 Å². The molecule has 0 radical (unpaired) electrons. The molecular weight excluding hydrogens is 272 g/mol. The maximum absolute atomic E-state index is 12.3. The van der Waals surface area contributed by atoms with E-state index in [-0.39, 0.29) is 17.6 Å². The van der Waals surface area contributed by atoms with Crippen LogP contribution in [0.15, 0.2) is 12.3 Å². The van der Waals surface area contributed by atoms with Crippen molar-refractivity contribution < 1.29 is 19.1 Å². The fraction of sp³-hybridized carbons (Fsp3) is 0.600. The molecule has 1 amide bonds. The van der Waals surface area contributed by atoms with Crippen molar-refractivity contribution in [2.75, 3.05) is 13.7 Å². The van der Waals surface area contributed by atoms with E-state index in [0.29, 0.717) is 17.9 Å². The summed E-state index contributed by atoms with van der Waals surface area (Å²) in [7, 11) is 3.03. The maximum atomic E-state index is 12.3. The molecule has 1 N–H and O–H groups in total. The van der Waals surface area contributed by atoms with Crippen LogP contribution in [0.25, 0.3) is 0 Å². The van der Waals surface area contributed by atoms with E-state index >= 15 is 0 Å². The Balaban J connectivity index is 2.05. The number of aryl methyl sites for hydroxylation is 1. The lowest BCUT2D eigenvalue weighted by molar-refractivity contribution is -0.0615. The van der Waals surface area contributed by atoms with Gasteiger partial charge in [0.05, 0.1) is 18.3 Å². The summed E-state index contributed by atoms with van der Waals surface area (Å²) in [5.41, 5.74) is 0.599. The average molecular weight is 294 g/mol. The normalized spacial score (nSPS) is 20.9. The lowest BCUT2D eigenvalue weighted by Crippen LogP contribution is -2.45. The Hall–Kier alpha value is -1.82. The van der Waals surface area contributed by atoms with Crippen LogP contribution < -0.4 is 5.32 Å². The van der Waals surface area contributed by atoms with Crippen molar-refractivity contribution in [1.82, 2.24) is 9.88 Å². The molecule has 6 heteroatoms. The Bertz CT molecular complexity index is 548. The number of carbonyl (C=O) groups excluding carboxylic acids is 2. The number of ether oxygens (including phenoxy) is 2. The summed E-state index contributed by atoms with van der Waals surface area (Å²) < 4.78 is 11.9. The van der Waals surface area contributed by atoms with Gasteiger partial charge < -0.3 is 19.4 Å². The Morgan fingerprint density at radius 2 is 2.19 bits per heavy atom. The second kappa shape index (κ2) is 5.89. The van der Waals surface area contributed by atoms with Crippen molar-refractivity contribution in [1.29, 1.82) is 0 Å². The lowest BCUT2D eigenvalue weighted by atomic mass is 9.94. The van der Waals surface area contributed by atoms with Gasteiger partial charge in [-0.1, -0.05) is 0 Å². The molecule has 1 aromatic rings. The van der Waals surface area contributed by atoms with Crippen LogP contribution in [0.2, 0.25) is 0 Å². The molecule has 0 aliphatic carbocycles. The Kier molecular flexibility index (Phi) is 4.37. The van der Waals surface area contributed by atoms with E-state index in [2.05, 4.69) is 10.1 Å². The summed E-state index contributed by atoms with van der Waals surface area (Å²) in [4.78, 5) is 23.8. The number of methoxy groups -OCH3 is 1. The summed E-state index contributed by atoms with van der Waals surface area (Å²) in [6.07, 6.45) is 3.20. The molecule has 21 heavy (non-hydrogen) atoms. The zero-order valence-electron chi connectivity index (χ0n) is 12.9. The van der Waals surface area contributed by atoms with Gasteiger partial charge in [0.25, 0.3) is 5.91 Å². The minimum absolute atomic E-state index is 0.0861. The molecule has 2 rings (SSSR count). The topological polar surface area (TPSA) is 69.6 Å². The second-order valence-electron chi connectivity index (χ2n) is 5.99. The molecule has 0 aromatic carbocycles. The van der Waals surface area contributed by atoms with Gasteiger partial charge in [0, 0.05) is 25.9 Å². The highest BCUT2D eigenvalue weighted by Crippen LogP contribution is 2.24. The van der Waals surface area contributed by atoms with E-state index in [1.54, 1.807) is 23.9 Å². The molecular formula is C15H22N2O4. The van der Waals surface area contributed by atoms with E-state index in [4.69, 9.17) is 4.74 Å². The highest BCUT2D eigenvalue weighted by atomic mass is 16.5. The van der Waals surface area contributed by atoms with Crippen molar-refractivity contribution in [3.63, 3.8) is 0 Å². The predicted octanol–water partition coefficient (Wildman–Crippen LogP) is 1.50. The van der Waals surface area contributed by atoms with Crippen LogP contribution in [-0.4, -0.2) is 41.8 Å². The summed E-state index contributed by atoms with van der Waals surface area (Å²) in [6, 6.07) is 1.63. The first-order valence-corrected chi connectivity index (χ1v) is 7.02. The van der Waals surface area contributed by atoms with E-state index in [1.807, 2.05) is 13.8 Å². The van der Waals surface area contributed by atoms with Crippen LogP contribution in [0.3, 0.4) is 0 Å². The highest BCUT2D eigenvalue weighted by molar-refractivity contribution is 5.97. The Morgan fingerprint density at radius 3 is 2.81 bits per heavy atom. The summed E-state index contributed by atoms with van der Waals surface area (Å²) >= 11 is 0. The van der Waals surface area contributed by atoms with Crippen LogP contribution in [0.1, 0.15) is 47.5 Å². The zero-order chi connectivity index (χ0) is 15.6. The number of nitrogens with one attached hydrogen (secondary N) is 1. The summed E-state index contributed by atoms with van der Waals surface area (Å²) in [5.74, 6) is -0.632. The number of aromatic nitrogens is 1. The number of nitrogens with zero attached hydrogens (tertiary/aromatic N) is 1. The van der Waals surface area contributed by atoms with Crippen LogP contribution in [0, 0.1) is 0 Å². The third-order valence-electron chi connectivity index (χ3n) is 3.69. The van der Waals surface area contributed by atoms with Gasteiger partial charge in [-0.3, -0.25) is 4.79 Å². The lowest BCUT2D eigenvalue weighted by Gasteiger charge is -2.35. The SMILES string of the molecule is COC(=O)c1cc(C(=O)N[C@H]2CCOC(C)(C)C2)cn1C. The van der Waals surface area contributed by atoms with Gasteiger partial charge in [0.15, 0.2) is 0 Å². The van der Waals surface area contributed by atoms with Gasteiger partial charge in [-0.25, -0.2) is 4.79 Å². The average Bonchev–Trinajstić information content (AvgIpc) is 2.79. The van der Waals surface area contributed by atoms with Crippen molar-refractivity contribution in [3.8, 4) is 0 Å². The first-order valence-electron chi connectivity index (χ1n) is 7.02. The minimum Gasteiger partial charge on any atom is -0.464 e. The Morgan fingerprint density at radius 1 is 1.48 bits per heavy atom. The molecule has 1 fully saturated rings. The summed E-state index contributed by atoms with van der Waals surface area (Å²) in [6.45, 7) is 4.67. The van der Waals surface area contributed by atoms with Gasteiger partial charge >= 0.3 is 5.97 Å². The highest BCUT2D eigenvalue weighted by Gasteiger charge is 2.30. The quantitative estimate of drug-likeness (QED) is 0.858. The van der Waals surface area contributed by atoms with E-state index in [1.165, 1.54) is 7.11 Å². The first kappa shape index (κ1) is 15.6. The van der Waals surface area contributed by atoms with Gasteiger partial charge in [-0.2, -0.15) is 0 Å². The summed E-state index contributed by atoms with van der Waals surface area (Å²) in [5, 5.41) is 3.00. The number of hydrogen-bond donors (Lipinski definition) is 1. The van der Waals surface area contributed by atoms with Crippen molar-refractivity contribution in [2.45, 2.75) is 38.3 Å². The minimum atomic E-state index is -0.455. The standard InChI is InChI=1S/C15H22N2O4/c1-15(2)8-11(5-6-21-15)16-13(18)10-7-12(14(19)20-4)17(3)9-10/h7,9,11H,5-6,8H2,1-4H3,(H,16,18)/t11-/m0/s1. The monoisotopic (exact) mass is 294 g/mol. The Labute approximate surface area is 124 Å². The molecule has 1 saturated heterocycles. The number of amides is 1. The van der Waals surface area contributed by atoms with Crippen molar-refractivity contribution >= 4 is 11.9 Å². The number of rotatable bonds is 3.